The number of hydrogen-bond acceptors (Lipinski definition) is 4. The Hall–Kier alpha value is -2.22. The number of aliphatic imine (C=N–C) groups is 1. The van der Waals surface area contributed by atoms with E-state index in [9.17, 15) is 14.4 Å². The number of carboxylic acid groups (broad SMARTS) is 1. The van der Waals surface area contributed by atoms with Gasteiger partial charge in [-0.3, -0.25) is 14.8 Å². The van der Waals surface area contributed by atoms with Crippen molar-refractivity contribution in [3.05, 3.63) is 20.8 Å². The first-order chi connectivity index (χ1) is 6.95. The van der Waals surface area contributed by atoms with Crippen LogP contribution >= 0.6 is 0 Å². The number of H-pyrrole nitrogens is 2. The van der Waals surface area contributed by atoms with Gasteiger partial charge in [0.05, 0.1) is 7.05 Å². The summed E-state index contributed by atoms with van der Waals surface area (Å²) in [4.78, 5) is 41.1. The van der Waals surface area contributed by atoms with E-state index in [-0.39, 0.29) is 11.5 Å². The molecule has 3 N–H and O–H groups in total. The third-order valence-electron chi connectivity index (χ3n) is 2.18. The summed E-state index contributed by atoms with van der Waals surface area (Å²) >= 11 is 0. The van der Waals surface area contributed by atoms with Gasteiger partial charge in [-0.2, -0.15) is 9.79 Å². The van der Waals surface area contributed by atoms with Crippen molar-refractivity contribution in [3.63, 3.8) is 0 Å². The Kier molecular flexibility index (Phi) is 1.64. The molecular formula is C7H7N4O4+. The summed E-state index contributed by atoms with van der Waals surface area (Å²) < 4.78 is -0.742. The van der Waals surface area contributed by atoms with Crippen LogP contribution in [0.2, 0.25) is 0 Å². The van der Waals surface area contributed by atoms with Gasteiger partial charge in [0.25, 0.3) is 11.4 Å². The van der Waals surface area contributed by atoms with E-state index in [1.165, 1.54) is 7.05 Å². The first-order valence-corrected chi connectivity index (χ1v) is 3.97. The number of carbonyl (C=O) groups is 1. The third kappa shape index (κ3) is 1.12. The normalized spacial score (nSPS) is 22.7. The lowest BCUT2D eigenvalue weighted by atomic mass is 10.4. The molecule has 0 saturated heterocycles. The van der Waals surface area contributed by atoms with Gasteiger partial charge >= 0.3 is 11.8 Å². The molecule has 0 aromatic carbocycles. The monoisotopic (exact) mass is 211 g/mol. The zero-order chi connectivity index (χ0) is 11.2. The number of nitrogens with zero attached hydrogens (tertiary/aromatic N) is 2. The fraction of sp³-hybridized carbons (Fsp3) is 0.143. The van der Waals surface area contributed by atoms with Crippen molar-refractivity contribution in [2.45, 2.75) is 0 Å². The quantitative estimate of drug-likeness (QED) is 0.494. The molecule has 1 amide bonds. The highest BCUT2D eigenvalue weighted by Gasteiger charge is 2.42. The maximum atomic E-state index is 11.3. The van der Waals surface area contributed by atoms with Crippen molar-refractivity contribution in [2.75, 3.05) is 7.05 Å². The van der Waals surface area contributed by atoms with Crippen LogP contribution in [-0.2, 0) is 0 Å². The van der Waals surface area contributed by atoms with Crippen LogP contribution in [0.5, 0.6) is 0 Å². The Labute approximate surface area is 82.1 Å². The first kappa shape index (κ1) is 9.34. The topological polar surface area (TPSA) is 115 Å². The molecular weight excluding hydrogens is 204 g/mol. The van der Waals surface area contributed by atoms with E-state index >= 15 is 0 Å². The van der Waals surface area contributed by atoms with Crippen molar-refractivity contribution in [3.8, 4) is 0 Å². The van der Waals surface area contributed by atoms with E-state index in [4.69, 9.17) is 5.11 Å². The Morgan fingerprint density at radius 2 is 2.13 bits per heavy atom. The number of aromatic amines is 2. The predicted molar refractivity (Wildman–Crippen MR) is 51.6 cm³/mol. The molecule has 1 aromatic rings. The van der Waals surface area contributed by atoms with Crippen LogP contribution in [0, 0.1) is 0 Å². The highest BCUT2D eigenvalue weighted by molar-refractivity contribution is 6.02. The largest absolute Gasteiger partial charge is 0.525 e. The second kappa shape index (κ2) is 2.64. The van der Waals surface area contributed by atoms with Crippen molar-refractivity contribution < 1.29 is 9.90 Å². The Balaban J connectivity index is 2.82. The van der Waals surface area contributed by atoms with Crippen LogP contribution in [0.3, 0.4) is 0 Å². The molecule has 1 unspecified atom stereocenters. The van der Waals surface area contributed by atoms with Gasteiger partial charge < -0.3 is 5.11 Å². The summed E-state index contributed by atoms with van der Waals surface area (Å²) in [6.07, 6.45) is -0.170. The number of amides is 1. The van der Waals surface area contributed by atoms with Crippen LogP contribution in [0.15, 0.2) is 14.6 Å². The summed E-state index contributed by atoms with van der Waals surface area (Å²) in [5, 5.41) is 8.95. The second-order valence-electron chi connectivity index (χ2n) is 3.21. The average molecular weight is 211 g/mol. The average Bonchev–Trinajstić information content (AvgIpc) is 2.46. The molecule has 0 aliphatic carbocycles. The van der Waals surface area contributed by atoms with Crippen LogP contribution in [0.4, 0.5) is 16.3 Å². The first-order valence-electron chi connectivity index (χ1n) is 3.97. The highest BCUT2D eigenvalue weighted by Crippen LogP contribution is 2.29. The lowest BCUT2D eigenvalue weighted by Gasteiger charge is -2.16. The van der Waals surface area contributed by atoms with Crippen molar-refractivity contribution in [1.82, 2.24) is 14.5 Å². The molecule has 0 bridgehead atoms. The van der Waals surface area contributed by atoms with Crippen LogP contribution in [-0.4, -0.2) is 34.6 Å². The van der Waals surface area contributed by atoms with Gasteiger partial charge in [-0.05, 0) is 0 Å². The standard InChI is InChI=1S/C7H6N4O4/c1-11(7(14)15)2-8-3-4(11)9-6(13)10-5(3)12/h2H,1H3,(H2-,9,10,12,13,14,15)/p+1. The number of hydrogen-bond donors (Lipinski definition) is 3. The lowest BCUT2D eigenvalue weighted by molar-refractivity contribution is 0.177. The van der Waals surface area contributed by atoms with E-state index in [2.05, 4.69) is 9.98 Å². The molecule has 1 atom stereocenters. The molecule has 0 spiro atoms. The SMILES string of the molecule is C[N+]1(C(=O)O)C=Nc2c1[nH]c(=O)[nH]c2=O. The van der Waals surface area contributed by atoms with Gasteiger partial charge in [-0.1, -0.05) is 0 Å². The predicted octanol–water partition coefficient (Wildman–Crippen LogP) is -0.648. The lowest BCUT2D eigenvalue weighted by Crippen LogP contribution is -2.48. The maximum Gasteiger partial charge on any atom is 0.525 e. The van der Waals surface area contributed by atoms with Gasteiger partial charge in [0.1, 0.15) is 0 Å². The van der Waals surface area contributed by atoms with E-state index in [1.807, 2.05) is 4.98 Å². The summed E-state index contributed by atoms with van der Waals surface area (Å²) in [5.74, 6) is -0.0451. The summed E-state index contributed by atoms with van der Waals surface area (Å²) in [7, 11) is 1.30. The molecule has 15 heavy (non-hydrogen) atoms. The van der Waals surface area contributed by atoms with Crippen LogP contribution in [0.25, 0.3) is 0 Å². The van der Waals surface area contributed by atoms with Crippen molar-refractivity contribution in [2.24, 2.45) is 4.99 Å². The number of rotatable bonds is 0. The molecule has 2 rings (SSSR count). The Morgan fingerprint density at radius 3 is 2.73 bits per heavy atom. The van der Waals surface area contributed by atoms with Crippen LogP contribution in [0.1, 0.15) is 0 Å². The molecule has 8 nitrogen and oxygen atoms in total. The summed E-state index contributed by atoms with van der Waals surface area (Å²) in [6.45, 7) is 0. The smallest absolute Gasteiger partial charge is 0.435 e. The van der Waals surface area contributed by atoms with E-state index < -0.39 is 21.8 Å². The number of quaternary nitrogens is 1. The van der Waals surface area contributed by atoms with Gasteiger partial charge in [-0.25, -0.2) is 4.79 Å². The summed E-state index contributed by atoms with van der Waals surface area (Å²) in [5.41, 5.74) is -1.54. The summed E-state index contributed by atoms with van der Waals surface area (Å²) in [6, 6.07) is 0. The minimum absolute atomic E-state index is 0.0451. The third-order valence-corrected chi connectivity index (χ3v) is 2.18. The minimum Gasteiger partial charge on any atom is -0.435 e. The fourth-order valence-corrected chi connectivity index (χ4v) is 1.30. The van der Waals surface area contributed by atoms with Gasteiger partial charge in [0.2, 0.25) is 12.0 Å². The number of aromatic nitrogens is 2. The highest BCUT2D eigenvalue weighted by atomic mass is 16.4. The molecule has 0 fully saturated rings. The molecule has 78 valence electrons. The molecule has 2 heterocycles. The van der Waals surface area contributed by atoms with E-state index in [0.29, 0.717) is 0 Å². The molecule has 0 saturated carbocycles. The van der Waals surface area contributed by atoms with Gasteiger partial charge in [-0.15, -0.1) is 4.48 Å². The zero-order valence-corrected chi connectivity index (χ0v) is 7.64. The molecule has 1 aromatic heterocycles. The minimum atomic E-state index is -1.24. The Morgan fingerprint density at radius 1 is 1.47 bits per heavy atom. The zero-order valence-electron chi connectivity index (χ0n) is 7.64. The van der Waals surface area contributed by atoms with Crippen molar-refractivity contribution in [1.29, 1.82) is 0 Å². The van der Waals surface area contributed by atoms with E-state index in [0.717, 1.165) is 6.34 Å². The number of fused-ring (bicyclic) bond motifs is 1. The maximum absolute atomic E-state index is 11.3. The molecule has 8 heteroatoms. The van der Waals surface area contributed by atoms with Gasteiger partial charge in [0.15, 0.2) is 0 Å². The Bertz CT molecular complexity index is 583. The number of nitrogens with one attached hydrogen (secondary N) is 2. The van der Waals surface area contributed by atoms with Crippen molar-refractivity contribution >= 4 is 23.9 Å². The van der Waals surface area contributed by atoms with E-state index in [1.54, 1.807) is 0 Å². The fourth-order valence-electron chi connectivity index (χ4n) is 1.30. The molecule has 1 aliphatic heterocycles. The van der Waals surface area contributed by atoms with Crippen LogP contribution < -0.4 is 15.7 Å². The molecule has 0 radical (unpaired) electrons. The molecule has 1 aliphatic rings. The van der Waals surface area contributed by atoms with Gasteiger partial charge in [0, 0.05) is 0 Å². The second-order valence-corrected chi connectivity index (χ2v) is 3.21.